The Bertz CT molecular complexity index is 535. The van der Waals surface area contributed by atoms with E-state index in [9.17, 15) is 4.39 Å². The van der Waals surface area contributed by atoms with Crippen molar-refractivity contribution in [1.29, 1.82) is 0 Å². The molecule has 1 aliphatic heterocycles. The summed E-state index contributed by atoms with van der Waals surface area (Å²) in [6, 6.07) is 5.00. The van der Waals surface area contributed by atoms with Crippen LogP contribution in [0, 0.1) is 23.6 Å². The van der Waals surface area contributed by atoms with Crippen LogP contribution in [0.25, 0.3) is 0 Å². The molecule has 3 nitrogen and oxygen atoms in total. The number of rotatable bonds is 3. The lowest BCUT2D eigenvalue weighted by atomic mass is 9.95. The van der Waals surface area contributed by atoms with Gasteiger partial charge in [-0.05, 0) is 31.0 Å². The molecular weight excluding hydrogens is 269 g/mol. The van der Waals surface area contributed by atoms with Crippen molar-refractivity contribution in [3.8, 4) is 11.8 Å². The maximum Gasteiger partial charge on any atom is 0.128 e. The Morgan fingerprint density at radius 3 is 2.95 bits per heavy atom. The molecule has 1 aromatic carbocycles. The molecule has 0 bridgehead atoms. The van der Waals surface area contributed by atoms with Crippen molar-refractivity contribution >= 4 is 0 Å². The summed E-state index contributed by atoms with van der Waals surface area (Å²) >= 11 is 0. The lowest BCUT2D eigenvalue weighted by Gasteiger charge is -2.36. The third-order valence-corrected chi connectivity index (χ3v) is 4.04. The van der Waals surface area contributed by atoms with Gasteiger partial charge < -0.3 is 9.84 Å². The minimum Gasteiger partial charge on any atom is -0.384 e. The predicted octanol–water partition coefficient (Wildman–Crippen LogP) is 2.03. The van der Waals surface area contributed by atoms with E-state index in [0.29, 0.717) is 23.6 Å². The number of hydrogen-bond donors (Lipinski definition) is 1. The molecule has 2 rings (SSSR count). The molecule has 114 valence electrons. The van der Waals surface area contributed by atoms with Crippen molar-refractivity contribution in [1.82, 2.24) is 4.90 Å². The third kappa shape index (κ3) is 4.28. The molecule has 0 saturated carbocycles. The van der Waals surface area contributed by atoms with E-state index >= 15 is 0 Å². The monoisotopic (exact) mass is 291 g/mol. The van der Waals surface area contributed by atoms with Crippen molar-refractivity contribution in [3.05, 3.63) is 35.1 Å². The summed E-state index contributed by atoms with van der Waals surface area (Å²) in [6.07, 6.45) is 1.29. The van der Waals surface area contributed by atoms with E-state index in [1.165, 1.54) is 6.07 Å². The number of ether oxygens (including phenoxy) is 1. The molecule has 0 amide bonds. The Kier molecular flexibility index (Phi) is 5.75. The van der Waals surface area contributed by atoms with Crippen LogP contribution < -0.4 is 0 Å². The molecule has 0 radical (unpaired) electrons. The molecule has 1 aromatic rings. The lowest BCUT2D eigenvalue weighted by molar-refractivity contribution is -0.00772. The third-order valence-electron chi connectivity index (χ3n) is 4.04. The Balaban J connectivity index is 2.03. The van der Waals surface area contributed by atoms with Crippen LogP contribution in [0.3, 0.4) is 0 Å². The van der Waals surface area contributed by atoms with Crippen molar-refractivity contribution in [3.63, 3.8) is 0 Å². The van der Waals surface area contributed by atoms with E-state index in [1.807, 2.05) is 0 Å². The van der Waals surface area contributed by atoms with Crippen LogP contribution in [0.2, 0.25) is 0 Å². The zero-order chi connectivity index (χ0) is 15.2. The van der Waals surface area contributed by atoms with E-state index in [2.05, 4.69) is 23.7 Å². The highest BCUT2D eigenvalue weighted by molar-refractivity contribution is 5.37. The topological polar surface area (TPSA) is 32.7 Å². The van der Waals surface area contributed by atoms with Gasteiger partial charge in [0.25, 0.3) is 0 Å². The normalized spacial score (nSPS) is 22.7. The standard InChI is InChI=1S/C17H22FNO2/c1-13-7-8-19(12-17(13)21-2)11-15-6-5-14(4-3-9-20)10-16(15)18/h5-6,10,13,17,20H,7-9,11-12H2,1-2H3. The number of likely N-dealkylation sites (tertiary alicyclic amines) is 1. The number of nitrogens with zero attached hydrogens (tertiary/aromatic N) is 1. The van der Waals surface area contributed by atoms with Crippen molar-refractivity contribution < 1.29 is 14.2 Å². The average molecular weight is 291 g/mol. The van der Waals surface area contributed by atoms with E-state index in [4.69, 9.17) is 9.84 Å². The maximum atomic E-state index is 14.1. The molecule has 2 unspecified atom stereocenters. The second-order valence-corrected chi connectivity index (χ2v) is 5.54. The highest BCUT2D eigenvalue weighted by Gasteiger charge is 2.26. The second kappa shape index (κ2) is 7.56. The van der Waals surface area contributed by atoms with E-state index in [0.717, 1.165) is 19.5 Å². The zero-order valence-corrected chi connectivity index (χ0v) is 12.6. The van der Waals surface area contributed by atoms with Gasteiger partial charge in [-0.3, -0.25) is 4.90 Å². The lowest BCUT2D eigenvalue weighted by Crippen LogP contribution is -2.43. The fraction of sp³-hybridized carbons (Fsp3) is 0.529. The highest BCUT2D eigenvalue weighted by atomic mass is 19.1. The zero-order valence-electron chi connectivity index (χ0n) is 12.6. The maximum absolute atomic E-state index is 14.1. The van der Waals surface area contributed by atoms with Gasteiger partial charge in [0.1, 0.15) is 12.4 Å². The summed E-state index contributed by atoms with van der Waals surface area (Å²) in [7, 11) is 1.74. The van der Waals surface area contributed by atoms with Gasteiger partial charge in [0.05, 0.1) is 6.10 Å². The summed E-state index contributed by atoms with van der Waals surface area (Å²) in [5.74, 6) is 5.54. The van der Waals surface area contributed by atoms with Crippen molar-refractivity contribution in [2.24, 2.45) is 5.92 Å². The van der Waals surface area contributed by atoms with Crippen LogP contribution in [0.5, 0.6) is 0 Å². The van der Waals surface area contributed by atoms with Crippen LogP contribution in [-0.4, -0.2) is 42.9 Å². The molecule has 21 heavy (non-hydrogen) atoms. The first-order chi connectivity index (χ1) is 10.1. The minimum absolute atomic E-state index is 0.215. The molecule has 0 aromatic heterocycles. The average Bonchev–Trinajstić information content (AvgIpc) is 2.49. The van der Waals surface area contributed by atoms with Gasteiger partial charge in [-0.1, -0.05) is 24.8 Å². The number of piperidine rings is 1. The molecule has 1 saturated heterocycles. The summed E-state index contributed by atoms with van der Waals surface area (Å²) in [5.41, 5.74) is 1.27. The van der Waals surface area contributed by atoms with Gasteiger partial charge in [-0.2, -0.15) is 0 Å². The fourth-order valence-electron chi connectivity index (χ4n) is 2.68. The molecule has 1 heterocycles. The molecular formula is C17H22FNO2. The molecule has 0 aliphatic carbocycles. The first kappa shape index (κ1) is 16.0. The molecule has 1 aliphatic rings. The van der Waals surface area contributed by atoms with E-state index in [-0.39, 0.29) is 18.5 Å². The largest absolute Gasteiger partial charge is 0.384 e. The summed E-state index contributed by atoms with van der Waals surface area (Å²) < 4.78 is 19.6. The van der Waals surface area contributed by atoms with Gasteiger partial charge >= 0.3 is 0 Å². The number of aliphatic hydroxyl groups is 1. The number of halogens is 1. The quantitative estimate of drug-likeness (QED) is 0.865. The first-order valence-corrected chi connectivity index (χ1v) is 7.27. The predicted molar refractivity (Wildman–Crippen MR) is 80.2 cm³/mol. The minimum atomic E-state index is -0.243. The smallest absolute Gasteiger partial charge is 0.128 e. The van der Waals surface area contributed by atoms with Crippen LogP contribution in [0.1, 0.15) is 24.5 Å². The van der Waals surface area contributed by atoms with Gasteiger partial charge in [0.2, 0.25) is 0 Å². The van der Waals surface area contributed by atoms with Crippen LogP contribution in [-0.2, 0) is 11.3 Å². The molecule has 1 fully saturated rings. The number of methoxy groups -OCH3 is 1. The summed E-state index contributed by atoms with van der Waals surface area (Å²) in [4.78, 5) is 2.23. The van der Waals surface area contributed by atoms with Crippen LogP contribution >= 0.6 is 0 Å². The van der Waals surface area contributed by atoms with Crippen molar-refractivity contribution in [2.45, 2.75) is 26.0 Å². The van der Waals surface area contributed by atoms with Crippen molar-refractivity contribution in [2.75, 3.05) is 26.8 Å². The summed E-state index contributed by atoms with van der Waals surface area (Å²) in [5, 5.41) is 8.65. The van der Waals surface area contributed by atoms with Gasteiger partial charge in [0.15, 0.2) is 0 Å². The van der Waals surface area contributed by atoms with Gasteiger partial charge in [0, 0.05) is 31.3 Å². The van der Waals surface area contributed by atoms with E-state index < -0.39 is 0 Å². The van der Waals surface area contributed by atoms with Gasteiger partial charge in [-0.25, -0.2) is 4.39 Å². The Morgan fingerprint density at radius 1 is 1.48 bits per heavy atom. The molecule has 0 spiro atoms. The first-order valence-electron chi connectivity index (χ1n) is 7.27. The SMILES string of the molecule is COC1CN(Cc2ccc(C#CCO)cc2F)CCC1C. The Hall–Kier alpha value is -1.41. The van der Waals surface area contributed by atoms with Crippen LogP contribution in [0.15, 0.2) is 18.2 Å². The summed E-state index contributed by atoms with van der Waals surface area (Å²) in [6.45, 7) is 4.37. The molecule has 1 N–H and O–H groups in total. The van der Waals surface area contributed by atoms with E-state index in [1.54, 1.807) is 19.2 Å². The molecule has 4 heteroatoms. The number of hydrogen-bond acceptors (Lipinski definition) is 3. The van der Waals surface area contributed by atoms with Crippen LogP contribution in [0.4, 0.5) is 4.39 Å². The number of benzene rings is 1. The fourth-order valence-corrected chi connectivity index (χ4v) is 2.68. The molecule has 2 atom stereocenters. The Morgan fingerprint density at radius 2 is 2.29 bits per heavy atom. The second-order valence-electron chi connectivity index (χ2n) is 5.54. The Labute approximate surface area is 125 Å². The number of aliphatic hydroxyl groups excluding tert-OH is 1. The highest BCUT2D eigenvalue weighted by Crippen LogP contribution is 2.22. The van der Waals surface area contributed by atoms with Gasteiger partial charge in [-0.15, -0.1) is 0 Å².